The summed E-state index contributed by atoms with van der Waals surface area (Å²) in [5.74, 6) is 5.74. The summed E-state index contributed by atoms with van der Waals surface area (Å²) in [5, 5.41) is 0. The van der Waals surface area contributed by atoms with Crippen molar-refractivity contribution in [3.05, 3.63) is 29.6 Å². The van der Waals surface area contributed by atoms with E-state index < -0.39 is 0 Å². The van der Waals surface area contributed by atoms with Crippen molar-refractivity contribution in [1.29, 1.82) is 0 Å². The van der Waals surface area contributed by atoms with E-state index in [0.717, 1.165) is 12.0 Å². The quantitative estimate of drug-likeness (QED) is 0.598. The standard InChI is InChI=1S/C12H19FN2O/c1-4-8(2)12(15-14)9-5-6-11(16-3)10(13)7-9/h5-8,12,15H,4,14H2,1-3H3. The van der Waals surface area contributed by atoms with Crippen LogP contribution in [0.2, 0.25) is 0 Å². The number of nitrogens with one attached hydrogen (secondary N) is 1. The van der Waals surface area contributed by atoms with E-state index in [9.17, 15) is 4.39 Å². The third-order valence-electron chi connectivity index (χ3n) is 2.93. The van der Waals surface area contributed by atoms with Gasteiger partial charge >= 0.3 is 0 Å². The smallest absolute Gasteiger partial charge is 0.165 e. The maximum absolute atomic E-state index is 13.5. The molecule has 0 radical (unpaired) electrons. The topological polar surface area (TPSA) is 47.3 Å². The Morgan fingerprint density at radius 2 is 2.19 bits per heavy atom. The fourth-order valence-corrected chi connectivity index (χ4v) is 1.70. The molecule has 3 nitrogen and oxygen atoms in total. The zero-order valence-electron chi connectivity index (χ0n) is 9.96. The largest absolute Gasteiger partial charge is 0.494 e. The first kappa shape index (κ1) is 12.9. The van der Waals surface area contributed by atoms with E-state index in [1.165, 1.54) is 13.2 Å². The summed E-state index contributed by atoms with van der Waals surface area (Å²) in [5.41, 5.74) is 3.57. The van der Waals surface area contributed by atoms with E-state index in [2.05, 4.69) is 19.3 Å². The molecular formula is C12H19FN2O. The number of methoxy groups -OCH3 is 1. The lowest BCUT2D eigenvalue weighted by Crippen LogP contribution is -2.32. The van der Waals surface area contributed by atoms with Crippen molar-refractivity contribution >= 4 is 0 Å². The average molecular weight is 226 g/mol. The maximum Gasteiger partial charge on any atom is 0.165 e. The normalized spacial score (nSPS) is 14.6. The Labute approximate surface area is 95.8 Å². The molecule has 0 fully saturated rings. The van der Waals surface area contributed by atoms with Crippen LogP contribution in [0.5, 0.6) is 5.75 Å². The van der Waals surface area contributed by atoms with E-state index >= 15 is 0 Å². The van der Waals surface area contributed by atoms with Gasteiger partial charge in [0.05, 0.1) is 7.11 Å². The first-order valence-corrected chi connectivity index (χ1v) is 5.43. The number of hydrazine groups is 1. The van der Waals surface area contributed by atoms with Gasteiger partial charge in [-0.1, -0.05) is 26.3 Å². The van der Waals surface area contributed by atoms with Crippen molar-refractivity contribution in [2.24, 2.45) is 11.8 Å². The van der Waals surface area contributed by atoms with Crippen LogP contribution in [0.4, 0.5) is 4.39 Å². The second kappa shape index (κ2) is 5.82. The Hall–Kier alpha value is -1.13. The average Bonchev–Trinajstić information content (AvgIpc) is 2.30. The highest BCUT2D eigenvalue weighted by atomic mass is 19.1. The van der Waals surface area contributed by atoms with Gasteiger partial charge in [-0.3, -0.25) is 11.3 Å². The zero-order chi connectivity index (χ0) is 12.1. The molecule has 1 aromatic carbocycles. The first-order chi connectivity index (χ1) is 7.63. The zero-order valence-corrected chi connectivity index (χ0v) is 9.96. The molecule has 0 aliphatic carbocycles. The predicted molar refractivity (Wildman–Crippen MR) is 62.5 cm³/mol. The van der Waals surface area contributed by atoms with Crippen molar-refractivity contribution in [2.75, 3.05) is 7.11 Å². The summed E-state index contributed by atoms with van der Waals surface area (Å²) in [6, 6.07) is 4.89. The summed E-state index contributed by atoms with van der Waals surface area (Å²) in [7, 11) is 1.45. The molecule has 0 aromatic heterocycles. The Morgan fingerprint density at radius 1 is 1.50 bits per heavy atom. The van der Waals surface area contributed by atoms with E-state index in [0.29, 0.717) is 5.92 Å². The van der Waals surface area contributed by atoms with Crippen LogP contribution in [0.1, 0.15) is 31.9 Å². The number of rotatable bonds is 5. The molecule has 3 N–H and O–H groups in total. The summed E-state index contributed by atoms with van der Waals surface area (Å²) in [6.07, 6.45) is 0.975. The van der Waals surface area contributed by atoms with E-state index in [4.69, 9.17) is 10.6 Å². The number of hydrogen-bond donors (Lipinski definition) is 2. The minimum absolute atomic E-state index is 0.0367. The second-order valence-electron chi connectivity index (χ2n) is 3.92. The van der Waals surface area contributed by atoms with Gasteiger partial charge in [0.15, 0.2) is 11.6 Å². The Kier molecular flexibility index (Phi) is 4.71. The van der Waals surface area contributed by atoms with Gasteiger partial charge in [-0.2, -0.15) is 0 Å². The SMILES string of the molecule is CCC(C)C(NN)c1ccc(OC)c(F)c1. The molecule has 1 rings (SSSR count). The third-order valence-corrected chi connectivity index (χ3v) is 2.93. The highest BCUT2D eigenvalue weighted by Crippen LogP contribution is 2.27. The van der Waals surface area contributed by atoms with Crippen molar-refractivity contribution < 1.29 is 9.13 Å². The van der Waals surface area contributed by atoms with E-state index in [1.807, 2.05) is 6.07 Å². The second-order valence-corrected chi connectivity index (χ2v) is 3.92. The molecular weight excluding hydrogens is 207 g/mol. The predicted octanol–water partition coefficient (Wildman–Crippen LogP) is 2.38. The molecule has 90 valence electrons. The number of halogens is 1. The Morgan fingerprint density at radius 3 is 2.62 bits per heavy atom. The minimum Gasteiger partial charge on any atom is -0.494 e. The molecule has 0 aliphatic rings. The van der Waals surface area contributed by atoms with E-state index in [-0.39, 0.29) is 17.6 Å². The molecule has 0 bridgehead atoms. The van der Waals surface area contributed by atoms with Gasteiger partial charge in [-0.15, -0.1) is 0 Å². The Bertz CT molecular complexity index is 344. The maximum atomic E-state index is 13.5. The summed E-state index contributed by atoms with van der Waals surface area (Å²) in [6.45, 7) is 4.15. The van der Waals surface area contributed by atoms with Crippen molar-refractivity contribution in [3.63, 3.8) is 0 Å². The van der Waals surface area contributed by atoms with Crippen LogP contribution in [0.3, 0.4) is 0 Å². The van der Waals surface area contributed by atoms with Crippen LogP contribution >= 0.6 is 0 Å². The molecule has 0 saturated carbocycles. The molecule has 0 spiro atoms. The number of ether oxygens (including phenoxy) is 1. The molecule has 0 heterocycles. The van der Waals surface area contributed by atoms with Gasteiger partial charge in [0, 0.05) is 6.04 Å². The lowest BCUT2D eigenvalue weighted by atomic mass is 9.93. The third kappa shape index (κ3) is 2.71. The lowest BCUT2D eigenvalue weighted by Gasteiger charge is -2.22. The van der Waals surface area contributed by atoms with Crippen LogP contribution in [0.25, 0.3) is 0 Å². The van der Waals surface area contributed by atoms with Crippen molar-refractivity contribution in [2.45, 2.75) is 26.3 Å². The molecule has 16 heavy (non-hydrogen) atoms. The minimum atomic E-state index is -0.358. The fraction of sp³-hybridized carbons (Fsp3) is 0.500. The number of nitrogens with two attached hydrogens (primary N) is 1. The van der Waals surface area contributed by atoms with Gasteiger partial charge in [-0.05, 0) is 23.6 Å². The van der Waals surface area contributed by atoms with Crippen LogP contribution in [-0.4, -0.2) is 7.11 Å². The van der Waals surface area contributed by atoms with Gasteiger partial charge in [0.25, 0.3) is 0 Å². The first-order valence-electron chi connectivity index (χ1n) is 5.43. The Balaban J connectivity index is 2.98. The van der Waals surface area contributed by atoms with Crippen LogP contribution in [0, 0.1) is 11.7 Å². The molecule has 0 aliphatic heterocycles. The molecule has 4 heteroatoms. The number of hydrogen-bond acceptors (Lipinski definition) is 3. The molecule has 0 amide bonds. The molecule has 0 saturated heterocycles. The summed E-state index contributed by atoms with van der Waals surface area (Å²) >= 11 is 0. The van der Waals surface area contributed by atoms with Crippen molar-refractivity contribution in [3.8, 4) is 5.75 Å². The highest BCUT2D eigenvalue weighted by molar-refractivity contribution is 5.31. The van der Waals surface area contributed by atoms with Crippen LogP contribution in [-0.2, 0) is 0 Å². The van der Waals surface area contributed by atoms with E-state index in [1.54, 1.807) is 6.07 Å². The fourth-order valence-electron chi connectivity index (χ4n) is 1.70. The van der Waals surface area contributed by atoms with Gasteiger partial charge in [0.2, 0.25) is 0 Å². The molecule has 2 unspecified atom stereocenters. The van der Waals surface area contributed by atoms with Crippen LogP contribution < -0.4 is 16.0 Å². The molecule has 2 atom stereocenters. The van der Waals surface area contributed by atoms with Gasteiger partial charge < -0.3 is 4.74 Å². The number of benzene rings is 1. The molecule has 1 aromatic rings. The highest BCUT2D eigenvalue weighted by Gasteiger charge is 2.17. The van der Waals surface area contributed by atoms with Crippen LogP contribution in [0.15, 0.2) is 18.2 Å². The van der Waals surface area contributed by atoms with Gasteiger partial charge in [0.1, 0.15) is 0 Å². The lowest BCUT2D eigenvalue weighted by molar-refractivity contribution is 0.372. The monoisotopic (exact) mass is 226 g/mol. The van der Waals surface area contributed by atoms with Gasteiger partial charge in [-0.25, -0.2) is 4.39 Å². The summed E-state index contributed by atoms with van der Waals surface area (Å²) < 4.78 is 18.4. The van der Waals surface area contributed by atoms with Crippen molar-refractivity contribution in [1.82, 2.24) is 5.43 Å². The summed E-state index contributed by atoms with van der Waals surface area (Å²) in [4.78, 5) is 0.